The van der Waals surface area contributed by atoms with Crippen LogP contribution in [0.3, 0.4) is 0 Å². The minimum atomic E-state index is -1.16. The van der Waals surface area contributed by atoms with E-state index in [0.29, 0.717) is 5.75 Å². The first-order valence-corrected chi connectivity index (χ1v) is 15.0. The molecule has 39 heavy (non-hydrogen) atoms. The molecule has 11 heteroatoms. The maximum absolute atomic E-state index is 12.1. The van der Waals surface area contributed by atoms with Gasteiger partial charge in [0.15, 0.2) is 18.3 Å². The predicted molar refractivity (Wildman–Crippen MR) is 148 cm³/mol. The van der Waals surface area contributed by atoms with Crippen molar-refractivity contribution in [2.24, 2.45) is 0 Å². The molecular weight excluding hydrogens is 543 g/mol. The molecule has 3 rings (SSSR count). The highest BCUT2D eigenvalue weighted by atomic mass is 32.2. The van der Waals surface area contributed by atoms with Crippen LogP contribution in [0.4, 0.5) is 0 Å². The molecule has 0 bridgehead atoms. The Morgan fingerprint density at radius 1 is 0.718 bits per heavy atom. The Hall–Kier alpha value is -2.94. The molecule has 0 radical (unpaired) electrons. The number of esters is 4. The molecule has 0 saturated carbocycles. The molecule has 1 aliphatic heterocycles. The van der Waals surface area contributed by atoms with Crippen LogP contribution in [0, 0.1) is 0 Å². The minimum Gasteiger partial charge on any atom is -0.463 e. The van der Waals surface area contributed by atoms with Gasteiger partial charge in [0, 0.05) is 33.4 Å². The van der Waals surface area contributed by atoms with Crippen LogP contribution in [0.1, 0.15) is 27.7 Å². The zero-order valence-corrected chi connectivity index (χ0v) is 24.0. The molecule has 0 N–H and O–H groups in total. The maximum atomic E-state index is 12.1. The molecule has 5 atom stereocenters. The summed E-state index contributed by atoms with van der Waals surface area (Å²) in [5.41, 5.74) is -0.783. The lowest BCUT2D eigenvalue weighted by molar-refractivity contribution is -0.237. The lowest BCUT2D eigenvalue weighted by Crippen LogP contribution is -2.61. The van der Waals surface area contributed by atoms with Gasteiger partial charge in [0.25, 0.3) is 0 Å². The summed E-state index contributed by atoms with van der Waals surface area (Å²) in [6, 6.07) is 20.5. The summed E-state index contributed by atoms with van der Waals surface area (Å²) < 4.78 is 27.9. The van der Waals surface area contributed by atoms with Gasteiger partial charge in [-0.25, -0.2) is 0 Å². The van der Waals surface area contributed by atoms with Gasteiger partial charge in [-0.3, -0.25) is 19.2 Å². The van der Waals surface area contributed by atoms with Crippen molar-refractivity contribution in [1.82, 2.24) is 0 Å². The first kappa shape index (κ1) is 30.6. The second kappa shape index (κ2) is 15.0. The van der Waals surface area contributed by atoms with Crippen molar-refractivity contribution in [2.45, 2.75) is 57.5 Å². The lowest BCUT2D eigenvalue weighted by Gasteiger charge is -2.44. The van der Waals surface area contributed by atoms with Crippen molar-refractivity contribution in [3.63, 3.8) is 0 Å². The third-order valence-corrected chi connectivity index (χ3v) is 9.65. The maximum Gasteiger partial charge on any atom is 0.303 e. The van der Waals surface area contributed by atoms with E-state index in [1.165, 1.54) is 50.1 Å². The highest BCUT2D eigenvalue weighted by Crippen LogP contribution is 2.38. The quantitative estimate of drug-likeness (QED) is 0.225. The third kappa shape index (κ3) is 9.34. The van der Waals surface area contributed by atoms with E-state index >= 15 is 0 Å². The Morgan fingerprint density at radius 3 is 1.69 bits per heavy atom. The van der Waals surface area contributed by atoms with Crippen LogP contribution in [0.5, 0.6) is 0 Å². The Bertz CT molecular complexity index is 1080. The van der Waals surface area contributed by atoms with E-state index in [9.17, 15) is 19.2 Å². The van der Waals surface area contributed by atoms with Gasteiger partial charge in [0.1, 0.15) is 18.1 Å². The smallest absolute Gasteiger partial charge is 0.303 e. The molecule has 1 fully saturated rings. The molecule has 0 spiro atoms. The number of hydrogen-bond donors (Lipinski definition) is 0. The van der Waals surface area contributed by atoms with Crippen LogP contribution in [0.2, 0.25) is 0 Å². The molecule has 1 aliphatic rings. The minimum absolute atomic E-state index is 0.240. The van der Waals surface area contributed by atoms with Crippen molar-refractivity contribution < 1.29 is 42.9 Å². The Kier molecular flexibility index (Phi) is 11.8. The number of carbonyl (C=O) groups excluding carboxylic acids is 4. The first-order valence-electron chi connectivity index (χ1n) is 12.5. The molecule has 2 aromatic carbocycles. The highest BCUT2D eigenvalue weighted by Gasteiger charge is 2.52. The number of ether oxygens (including phenoxy) is 5. The SMILES string of the molecule is CC(=O)OC[C@H]1O[C@H](SCCP(c2ccccc2)c2ccccc2)[C@H](OC(C)=O)[C@@H](OC(C)=O)[C@@H]1OC(C)=O. The zero-order chi connectivity index (χ0) is 28.4. The number of benzene rings is 2. The third-order valence-electron chi connectivity index (χ3n) is 5.68. The predicted octanol–water partition coefficient (Wildman–Crippen LogP) is 2.94. The Balaban J connectivity index is 1.87. The van der Waals surface area contributed by atoms with E-state index in [4.69, 9.17) is 23.7 Å². The van der Waals surface area contributed by atoms with Gasteiger partial charge >= 0.3 is 23.9 Å². The summed E-state index contributed by atoms with van der Waals surface area (Å²) in [4.78, 5) is 47.6. The van der Waals surface area contributed by atoms with E-state index in [-0.39, 0.29) is 6.61 Å². The molecule has 9 nitrogen and oxygen atoms in total. The first-order chi connectivity index (χ1) is 18.7. The van der Waals surface area contributed by atoms with E-state index in [2.05, 4.69) is 24.3 Å². The van der Waals surface area contributed by atoms with Crippen LogP contribution < -0.4 is 10.6 Å². The molecular formula is C28H33O9PS. The molecule has 1 saturated heterocycles. The summed E-state index contributed by atoms with van der Waals surface area (Å²) in [5, 5.41) is 2.45. The summed E-state index contributed by atoms with van der Waals surface area (Å²) in [6.45, 7) is 4.65. The normalized spacial score (nSPS) is 22.5. The van der Waals surface area contributed by atoms with Gasteiger partial charge < -0.3 is 23.7 Å². The summed E-state index contributed by atoms with van der Waals surface area (Å²) in [7, 11) is -0.689. The van der Waals surface area contributed by atoms with Gasteiger partial charge in [-0.15, -0.1) is 11.8 Å². The Morgan fingerprint density at radius 2 is 1.21 bits per heavy atom. The fourth-order valence-electron chi connectivity index (χ4n) is 4.21. The van der Waals surface area contributed by atoms with E-state index in [1.54, 1.807) is 0 Å². The van der Waals surface area contributed by atoms with Crippen molar-refractivity contribution in [3.05, 3.63) is 60.7 Å². The molecule has 0 unspecified atom stereocenters. The molecule has 0 aromatic heterocycles. The zero-order valence-electron chi connectivity index (χ0n) is 22.3. The van der Waals surface area contributed by atoms with Crippen LogP contribution in [0.25, 0.3) is 0 Å². The van der Waals surface area contributed by atoms with Crippen molar-refractivity contribution in [3.8, 4) is 0 Å². The largest absolute Gasteiger partial charge is 0.463 e. The molecule has 1 heterocycles. The second-order valence-corrected chi connectivity index (χ2v) is 12.3. The van der Waals surface area contributed by atoms with Crippen LogP contribution in [0.15, 0.2) is 60.7 Å². The number of carbonyl (C=O) groups is 4. The fourth-order valence-corrected chi connectivity index (χ4v) is 8.09. The fraction of sp³-hybridized carbons (Fsp3) is 0.429. The lowest BCUT2D eigenvalue weighted by atomic mass is 9.99. The average Bonchev–Trinajstić information content (AvgIpc) is 2.89. The molecule has 2 aromatic rings. The van der Waals surface area contributed by atoms with Crippen molar-refractivity contribution in [1.29, 1.82) is 0 Å². The van der Waals surface area contributed by atoms with Gasteiger partial charge in [-0.1, -0.05) is 60.7 Å². The standard InChI is InChI=1S/C28H33O9PS/c1-18(29)33-17-24-25(34-19(2)30)26(35-20(3)31)27(36-21(4)32)28(37-24)39-16-15-38(22-11-7-5-8-12-22)23-13-9-6-10-14-23/h5-14,24-28H,15-17H2,1-4H3/t24-,25-,26+,27-,28-/m1/s1. The molecule has 210 valence electrons. The van der Waals surface area contributed by atoms with Crippen molar-refractivity contribution >= 4 is 54.2 Å². The van der Waals surface area contributed by atoms with E-state index in [1.807, 2.05) is 36.4 Å². The summed E-state index contributed by atoms with van der Waals surface area (Å²) >= 11 is 1.40. The topological polar surface area (TPSA) is 114 Å². The highest BCUT2D eigenvalue weighted by molar-refractivity contribution is 8.00. The number of hydrogen-bond acceptors (Lipinski definition) is 10. The molecule has 0 amide bonds. The van der Waals surface area contributed by atoms with Crippen LogP contribution in [-0.4, -0.2) is 72.3 Å². The average molecular weight is 577 g/mol. The summed E-state index contributed by atoms with van der Waals surface area (Å²) in [6.07, 6.45) is -3.53. The van der Waals surface area contributed by atoms with E-state index in [0.717, 1.165) is 6.16 Å². The molecule has 0 aliphatic carbocycles. The Labute approximate surface area is 233 Å². The van der Waals surface area contributed by atoms with Gasteiger partial charge in [0.2, 0.25) is 0 Å². The van der Waals surface area contributed by atoms with Crippen LogP contribution in [-0.2, 0) is 42.9 Å². The second-order valence-electron chi connectivity index (χ2n) is 8.76. The van der Waals surface area contributed by atoms with Gasteiger partial charge in [0.05, 0.1) is 0 Å². The monoisotopic (exact) mass is 576 g/mol. The van der Waals surface area contributed by atoms with Crippen LogP contribution >= 0.6 is 19.7 Å². The van der Waals surface area contributed by atoms with Gasteiger partial charge in [-0.2, -0.15) is 0 Å². The van der Waals surface area contributed by atoms with Crippen molar-refractivity contribution in [2.75, 3.05) is 18.5 Å². The van der Waals surface area contributed by atoms with Gasteiger partial charge in [-0.05, 0) is 24.7 Å². The van der Waals surface area contributed by atoms with E-state index < -0.39 is 61.7 Å². The number of thioether (sulfide) groups is 1. The number of rotatable bonds is 11. The summed E-state index contributed by atoms with van der Waals surface area (Å²) in [5.74, 6) is -1.85.